The summed E-state index contributed by atoms with van der Waals surface area (Å²) in [6.07, 6.45) is -7.55. The summed E-state index contributed by atoms with van der Waals surface area (Å²) in [6, 6.07) is 0. The van der Waals surface area contributed by atoms with Crippen molar-refractivity contribution in [1.29, 1.82) is 0 Å². The number of hydrogen-bond acceptors (Lipinski definition) is 11. The molecule has 0 aromatic heterocycles. The fourth-order valence-electron chi connectivity index (χ4n) is 1.75. The molecule has 4 N–H and O–H groups in total. The third-order valence-electron chi connectivity index (χ3n) is 2.79. The van der Waals surface area contributed by atoms with E-state index in [1.807, 2.05) is 0 Å². The van der Waals surface area contributed by atoms with E-state index in [-0.39, 0.29) is 48.5 Å². The Morgan fingerprint density at radius 1 is 1.18 bits per heavy atom. The molecule has 0 aromatic carbocycles. The average Bonchev–Trinajstić information content (AvgIpc) is 2.46. The SMILES string of the molecule is COCC(O)COC1OC(CSOO[O-])C(O)C(O)C1O.[Na+]. The quantitative estimate of drug-likeness (QED) is 0.103. The summed E-state index contributed by atoms with van der Waals surface area (Å²) in [4.78, 5) is 0. The molecule has 1 aliphatic rings. The standard InChI is InChI=1S/C10H20O10S.Na/c1-16-2-5(11)3-17-10-9(14)8(13)7(12)6(18-10)4-21-20-19-15;/h5-15H,2-4H2,1H3;/q;+1/p-1. The molecular formula is C10H19NaO10S. The van der Waals surface area contributed by atoms with E-state index in [1.165, 1.54) is 7.11 Å². The normalized spacial score (nSPS) is 33.3. The first-order chi connectivity index (χ1) is 10.0. The molecule has 0 aliphatic carbocycles. The fourth-order valence-corrected chi connectivity index (χ4v) is 2.26. The van der Waals surface area contributed by atoms with Gasteiger partial charge in [0.1, 0.15) is 30.5 Å². The van der Waals surface area contributed by atoms with Gasteiger partial charge in [0.25, 0.3) is 0 Å². The molecule has 1 saturated heterocycles. The second kappa shape index (κ2) is 12.3. The van der Waals surface area contributed by atoms with E-state index in [0.29, 0.717) is 12.0 Å². The van der Waals surface area contributed by atoms with Crippen molar-refractivity contribution in [3.05, 3.63) is 0 Å². The largest absolute Gasteiger partial charge is 1.00 e. The van der Waals surface area contributed by atoms with Crippen LogP contribution in [0.4, 0.5) is 0 Å². The molecule has 12 heteroatoms. The van der Waals surface area contributed by atoms with Gasteiger partial charge in [-0.1, -0.05) is 0 Å². The number of aliphatic hydroxyl groups excluding tert-OH is 4. The summed E-state index contributed by atoms with van der Waals surface area (Å²) in [5, 5.41) is 51.5. The van der Waals surface area contributed by atoms with Crippen LogP contribution >= 0.6 is 12.0 Å². The van der Waals surface area contributed by atoms with Crippen LogP contribution in [0.25, 0.3) is 0 Å². The second-order valence-corrected chi connectivity index (χ2v) is 5.08. The van der Waals surface area contributed by atoms with Crippen LogP contribution in [0, 0.1) is 0 Å². The molecule has 0 amide bonds. The van der Waals surface area contributed by atoms with Gasteiger partial charge in [0.05, 0.1) is 19.0 Å². The zero-order chi connectivity index (χ0) is 15.8. The van der Waals surface area contributed by atoms with Crippen molar-refractivity contribution in [2.24, 2.45) is 0 Å². The molecule has 126 valence electrons. The van der Waals surface area contributed by atoms with E-state index >= 15 is 0 Å². The van der Waals surface area contributed by atoms with Crippen LogP contribution in [0.5, 0.6) is 0 Å². The zero-order valence-electron chi connectivity index (χ0n) is 12.2. The second-order valence-electron chi connectivity index (χ2n) is 4.38. The molecular weight excluding hydrogens is 335 g/mol. The molecule has 10 nitrogen and oxygen atoms in total. The summed E-state index contributed by atoms with van der Waals surface area (Å²) in [7, 11) is 1.40. The third kappa shape index (κ3) is 7.23. The molecule has 0 spiro atoms. The van der Waals surface area contributed by atoms with E-state index < -0.39 is 36.8 Å². The van der Waals surface area contributed by atoms with Crippen LogP contribution < -0.4 is 34.8 Å². The summed E-state index contributed by atoms with van der Waals surface area (Å²) in [5.41, 5.74) is 0. The van der Waals surface area contributed by atoms with Crippen molar-refractivity contribution in [2.45, 2.75) is 36.8 Å². The number of methoxy groups -OCH3 is 1. The topological polar surface area (TPSA) is 150 Å². The smallest absolute Gasteiger partial charge is 0.691 e. The van der Waals surface area contributed by atoms with Crippen molar-refractivity contribution in [3.63, 3.8) is 0 Å². The molecule has 1 rings (SSSR count). The summed E-state index contributed by atoms with van der Waals surface area (Å²) in [5.74, 6) is -0.0479. The van der Waals surface area contributed by atoms with Gasteiger partial charge < -0.3 is 39.9 Å². The van der Waals surface area contributed by atoms with Gasteiger partial charge in [0, 0.05) is 19.2 Å². The Morgan fingerprint density at radius 3 is 2.45 bits per heavy atom. The Labute approximate surface area is 153 Å². The maximum absolute atomic E-state index is 9.75. The summed E-state index contributed by atoms with van der Waals surface area (Å²) >= 11 is 0.564. The molecule has 6 atom stereocenters. The summed E-state index contributed by atoms with van der Waals surface area (Å²) in [6.45, 7) is -0.166. The van der Waals surface area contributed by atoms with Crippen molar-refractivity contribution < 1.29 is 78.8 Å². The van der Waals surface area contributed by atoms with Crippen LogP contribution in [-0.4, -0.2) is 83.3 Å². The molecule has 22 heavy (non-hydrogen) atoms. The number of hydrogen-bond donors (Lipinski definition) is 4. The van der Waals surface area contributed by atoms with Gasteiger partial charge in [-0.3, -0.25) is 5.04 Å². The Bertz CT molecular complexity index is 288. The van der Waals surface area contributed by atoms with E-state index in [9.17, 15) is 25.7 Å². The number of aliphatic hydroxyl groups is 4. The van der Waals surface area contributed by atoms with Crippen LogP contribution in [-0.2, 0) is 23.6 Å². The monoisotopic (exact) mass is 354 g/mol. The maximum Gasteiger partial charge on any atom is 1.00 e. The minimum absolute atomic E-state index is 0. The Morgan fingerprint density at radius 2 is 1.86 bits per heavy atom. The first-order valence-electron chi connectivity index (χ1n) is 6.07. The van der Waals surface area contributed by atoms with Crippen LogP contribution in [0.2, 0.25) is 0 Å². The van der Waals surface area contributed by atoms with Gasteiger partial charge >= 0.3 is 29.6 Å². The van der Waals surface area contributed by atoms with Gasteiger partial charge in [-0.15, -0.1) is 0 Å². The number of ether oxygens (including phenoxy) is 3. The van der Waals surface area contributed by atoms with Crippen LogP contribution in [0.3, 0.4) is 0 Å². The van der Waals surface area contributed by atoms with Crippen molar-refractivity contribution in [2.75, 3.05) is 26.1 Å². The number of rotatable bonds is 9. The Kier molecular flexibility index (Phi) is 12.9. The fraction of sp³-hybridized carbons (Fsp3) is 1.00. The molecule has 6 unspecified atom stereocenters. The Balaban J connectivity index is 0.00000441. The molecule has 1 heterocycles. The molecule has 1 fully saturated rings. The van der Waals surface area contributed by atoms with Gasteiger partial charge in [-0.05, 0) is 0 Å². The van der Waals surface area contributed by atoms with Crippen LogP contribution in [0.1, 0.15) is 0 Å². The van der Waals surface area contributed by atoms with Gasteiger partial charge in [0.2, 0.25) is 0 Å². The predicted molar refractivity (Wildman–Crippen MR) is 65.1 cm³/mol. The predicted octanol–water partition coefficient (Wildman–Crippen LogP) is -6.31. The average molecular weight is 354 g/mol. The van der Waals surface area contributed by atoms with Gasteiger partial charge in [0.15, 0.2) is 6.29 Å². The van der Waals surface area contributed by atoms with Gasteiger partial charge in [-0.2, -0.15) is 4.33 Å². The summed E-state index contributed by atoms with van der Waals surface area (Å²) < 4.78 is 19.2. The zero-order valence-corrected chi connectivity index (χ0v) is 15.0. The first-order valence-corrected chi connectivity index (χ1v) is 6.98. The van der Waals surface area contributed by atoms with Gasteiger partial charge in [-0.25, -0.2) is 0 Å². The van der Waals surface area contributed by atoms with E-state index in [4.69, 9.17) is 14.2 Å². The minimum atomic E-state index is -1.51. The first kappa shape index (κ1) is 22.9. The van der Waals surface area contributed by atoms with Crippen molar-refractivity contribution in [1.82, 2.24) is 0 Å². The molecule has 0 radical (unpaired) electrons. The third-order valence-corrected chi connectivity index (χ3v) is 3.41. The van der Waals surface area contributed by atoms with Crippen molar-refractivity contribution in [3.8, 4) is 0 Å². The minimum Gasteiger partial charge on any atom is -0.691 e. The van der Waals surface area contributed by atoms with E-state index in [0.717, 1.165) is 0 Å². The van der Waals surface area contributed by atoms with E-state index in [2.05, 4.69) is 9.37 Å². The molecule has 0 saturated carbocycles. The molecule has 0 bridgehead atoms. The van der Waals surface area contributed by atoms with Crippen LogP contribution in [0.15, 0.2) is 0 Å². The van der Waals surface area contributed by atoms with Crippen molar-refractivity contribution >= 4 is 12.0 Å². The maximum atomic E-state index is 9.75. The van der Waals surface area contributed by atoms with E-state index in [1.54, 1.807) is 0 Å². The molecule has 1 aliphatic heterocycles. The molecule has 0 aromatic rings. The Hall–Kier alpha value is 0.950.